The van der Waals surface area contributed by atoms with E-state index in [2.05, 4.69) is 79.7 Å². The molecule has 0 aliphatic heterocycles. The molecule has 0 heterocycles. The van der Waals surface area contributed by atoms with Gasteiger partial charge in [-0.1, -0.05) is 80.4 Å². The number of phenols is 2. The van der Waals surface area contributed by atoms with E-state index in [-0.39, 0.29) is 39.2 Å². The van der Waals surface area contributed by atoms with Crippen molar-refractivity contribution in [1.29, 1.82) is 0 Å². The number of hydrogen-bond acceptors (Lipinski definition) is 8. The van der Waals surface area contributed by atoms with Crippen LogP contribution in [0.2, 0.25) is 0 Å². The number of carboxylic acids is 2. The van der Waals surface area contributed by atoms with E-state index >= 15 is 0 Å². The van der Waals surface area contributed by atoms with Crippen LogP contribution in [-0.2, 0) is 50.0 Å². The third-order valence-corrected chi connectivity index (χ3v) is 8.75. The van der Waals surface area contributed by atoms with E-state index in [1.807, 2.05) is 12.4 Å². The number of aliphatic carboxylic acids is 2. The fourth-order valence-corrected chi connectivity index (χ4v) is 6.61. The molecule has 267 valence electrons. The van der Waals surface area contributed by atoms with Gasteiger partial charge in [-0.2, -0.15) is 0 Å². The minimum absolute atomic E-state index is 0. The van der Waals surface area contributed by atoms with Gasteiger partial charge in [0.05, 0.1) is 11.6 Å². The van der Waals surface area contributed by atoms with Crippen molar-refractivity contribution in [3.8, 4) is 11.5 Å². The van der Waals surface area contributed by atoms with Crippen molar-refractivity contribution in [2.24, 2.45) is 15.9 Å². The molecule has 3 unspecified atom stereocenters. The topological polar surface area (TPSA) is 145 Å². The molecule has 2 aliphatic rings. The Morgan fingerprint density at radius 2 is 1.25 bits per heavy atom. The first-order valence-corrected chi connectivity index (χ1v) is 16.9. The van der Waals surface area contributed by atoms with Crippen molar-refractivity contribution >= 4 is 24.4 Å². The number of carbonyl (C=O) groups is 2. The Hall–Kier alpha value is -3.17. The van der Waals surface area contributed by atoms with Crippen molar-refractivity contribution in [2.75, 3.05) is 0 Å². The monoisotopic (exact) mass is 707 g/mol. The van der Waals surface area contributed by atoms with Gasteiger partial charge < -0.3 is 30.0 Å². The number of carboxylic acid groups (broad SMARTS) is 2. The normalized spacial score (nSPS) is 20.1. The van der Waals surface area contributed by atoms with Crippen LogP contribution in [0.5, 0.6) is 11.5 Å². The molecule has 9 heteroatoms. The van der Waals surface area contributed by atoms with Gasteiger partial charge in [-0.05, 0) is 92.4 Å². The van der Waals surface area contributed by atoms with Crippen LogP contribution in [0.25, 0.3) is 0 Å². The molecule has 0 amide bonds. The SMILES string of the molecule is CC(=O)[O-].CC(=O)[O-].CCCc1cc(C=NC2CC3CCC2(N=Cc2cc(CCC)cc(C(C)(C)C)c2O)C3)c(O)c(C(C)(C)C)c1.[Co+2]. The molecule has 4 rings (SSSR count). The number of phenolic OH excluding ortho intramolecular Hbond substituents is 2. The zero-order valence-electron chi connectivity index (χ0n) is 30.5. The minimum atomic E-state index is -1.08. The molecule has 2 saturated carbocycles. The summed E-state index contributed by atoms with van der Waals surface area (Å²) in [5, 5.41) is 40.2. The zero-order valence-corrected chi connectivity index (χ0v) is 31.6. The van der Waals surface area contributed by atoms with Gasteiger partial charge in [0.1, 0.15) is 11.5 Å². The first kappa shape index (κ1) is 42.8. The Labute approximate surface area is 298 Å². The molecule has 2 fully saturated rings. The Morgan fingerprint density at radius 3 is 1.62 bits per heavy atom. The van der Waals surface area contributed by atoms with Crippen molar-refractivity contribution < 1.29 is 46.8 Å². The molecule has 48 heavy (non-hydrogen) atoms. The average molecular weight is 708 g/mol. The van der Waals surface area contributed by atoms with Crippen molar-refractivity contribution in [1.82, 2.24) is 0 Å². The van der Waals surface area contributed by atoms with Crippen LogP contribution in [0.15, 0.2) is 34.3 Å². The molecule has 2 aromatic rings. The van der Waals surface area contributed by atoms with Gasteiger partial charge in [0, 0.05) is 46.6 Å². The number of hydrogen-bond donors (Lipinski definition) is 2. The molecule has 2 aliphatic carbocycles. The third kappa shape index (κ3) is 12.1. The van der Waals surface area contributed by atoms with Gasteiger partial charge in [0.15, 0.2) is 0 Å². The summed E-state index contributed by atoms with van der Waals surface area (Å²) in [6.45, 7) is 19.2. The summed E-state index contributed by atoms with van der Waals surface area (Å²) in [6.07, 6.45) is 12.2. The van der Waals surface area contributed by atoms with Crippen LogP contribution in [0.3, 0.4) is 0 Å². The summed E-state index contributed by atoms with van der Waals surface area (Å²) >= 11 is 0. The predicted octanol–water partition coefficient (Wildman–Crippen LogP) is 5.96. The third-order valence-electron chi connectivity index (χ3n) is 8.75. The van der Waals surface area contributed by atoms with Gasteiger partial charge in [0.25, 0.3) is 0 Å². The Morgan fingerprint density at radius 1 is 0.833 bits per heavy atom. The van der Waals surface area contributed by atoms with Crippen LogP contribution in [0.4, 0.5) is 0 Å². The average Bonchev–Trinajstić information content (AvgIpc) is 3.50. The number of benzene rings is 2. The van der Waals surface area contributed by atoms with E-state index < -0.39 is 11.9 Å². The second-order valence-corrected chi connectivity index (χ2v) is 15.1. The van der Waals surface area contributed by atoms with Crippen LogP contribution in [0.1, 0.15) is 141 Å². The minimum Gasteiger partial charge on any atom is -0.550 e. The number of carbonyl (C=O) groups excluding carboxylic acids is 2. The number of aromatic hydroxyl groups is 2. The summed E-state index contributed by atoms with van der Waals surface area (Å²) in [6, 6.07) is 8.62. The van der Waals surface area contributed by atoms with Crippen molar-refractivity contribution in [3.63, 3.8) is 0 Å². The van der Waals surface area contributed by atoms with Crippen LogP contribution >= 0.6 is 0 Å². The van der Waals surface area contributed by atoms with Gasteiger partial charge in [-0.25, -0.2) is 0 Å². The Balaban J connectivity index is 0.00000115. The van der Waals surface area contributed by atoms with E-state index in [1.165, 1.54) is 17.5 Å². The molecule has 1 radical (unpaired) electrons. The number of aliphatic imine (C=N–C) groups is 2. The van der Waals surface area contributed by atoms with Gasteiger partial charge >= 0.3 is 16.8 Å². The zero-order chi connectivity index (χ0) is 35.7. The first-order chi connectivity index (χ1) is 21.7. The number of rotatable bonds is 8. The van der Waals surface area contributed by atoms with Crippen LogP contribution in [-0.4, -0.2) is 46.2 Å². The number of aryl methyl sites for hydroxylation is 2. The van der Waals surface area contributed by atoms with E-state index in [9.17, 15) is 10.2 Å². The summed E-state index contributed by atoms with van der Waals surface area (Å²) in [7, 11) is 0. The molecule has 0 spiro atoms. The summed E-state index contributed by atoms with van der Waals surface area (Å²) in [4.78, 5) is 28.1. The maximum absolute atomic E-state index is 11.2. The van der Waals surface area contributed by atoms with Crippen molar-refractivity contribution in [2.45, 2.75) is 143 Å². The summed E-state index contributed by atoms with van der Waals surface area (Å²) < 4.78 is 0. The molecular weight excluding hydrogens is 651 g/mol. The van der Waals surface area contributed by atoms with E-state index in [4.69, 9.17) is 29.8 Å². The number of nitrogens with zero attached hydrogens (tertiary/aromatic N) is 2. The smallest absolute Gasteiger partial charge is 0.550 e. The van der Waals surface area contributed by atoms with Gasteiger partial charge in [-0.15, -0.1) is 0 Å². The molecule has 2 aromatic carbocycles. The standard InChI is InChI=1S/C35H50N2O2.2C2H4O2.Co/c1-9-11-23-15-26(31(38)28(17-23)33(3,4)5)21-36-30-19-25-13-14-35(30,20-25)37-22-27-16-24(12-10-2)18-29(32(27)39)34(6,7)8;2*1-2(3)4;/h15-18,21-22,25,30,38-39H,9-14,19-20H2,1-8H3;2*1H3,(H,3,4);/q;;;+2/p-2. The predicted molar refractivity (Wildman–Crippen MR) is 187 cm³/mol. The largest absolute Gasteiger partial charge is 2.00 e. The molecule has 0 aromatic heterocycles. The summed E-state index contributed by atoms with van der Waals surface area (Å²) in [5.41, 5.74) is 5.57. The van der Waals surface area contributed by atoms with Crippen molar-refractivity contribution in [3.05, 3.63) is 57.6 Å². The first-order valence-electron chi connectivity index (χ1n) is 16.9. The fourth-order valence-electron chi connectivity index (χ4n) is 6.61. The van der Waals surface area contributed by atoms with E-state index in [0.29, 0.717) is 17.4 Å². The van der Waals surface area contributed by atoms with Gasteiger partial charge in [0.2, 0.25) is 0 Å². The second kappa shape index (κ2) is 18.0. The molecule has 2 bridgehead atoms. The molecule has 8 nitrogen and oxygen atoms in total. The van der Waals surface area contributed by atoms with Crippen LogP contribution in [0, 0.1) is 5.92 Å². The molecular formula is C39H56CoN2O6. The molecule has 3 atom stereocenters. The maximum Gasteiger partial charge on any atom is 2.00 e. The van der Waals surface area contributed by atoms with E-state index in [1.54, 1.807) is 0 Å². The quantitative estimate of drug-likeness (QED) is 0.324. The number of fused-ring (bicyclic) bond motifs is 2. The Kier molecular flexibility index (Phi) is 16.1. The maximum atomic E-state index is 11.2. The van der Waals surface area contributed by atoms with E-state index in [0.717, 1.165) is 81.0 Å². The summed E-state index contributed by atoms with van der Waals surface area (Å²) in [5.74, 6) is -0.832. The Bertz CT molecular complexity index is 1430. The molecule has 2 N–H and O–H groups in total. The molecule has 0 saturated heterocycles. The second-order valence-electron chi connectivity index (χ2n) is 15.1. The van der Waals surface area contributed by atoms with Crippen LogP contribution < -0.4 is 10.2 Å². The van der Waals surface area contributed by atoms with Gasteiger partial charge in [-0.3, -0.25) is 9.98 Å². The fraction of sp³-hybridized carbons (Fsp3) is 0.590.